The van der Waals surface area contributed by atoms with Crippen LogP contribution in [0.25, 0.3) is 0 Å². The van der Waals surface area contributed by atoms with E-state index in [1.165, 1.54) is 27.2 Å². The van der Waals surface area contributed by atoms with Crippen LogP contribution >= 0.6 is 0 Å². The molecule has 0 fully saturated rings. The summed E-state index contributed by atoms with van der Waals surface area (Å²) in [6, 6.07) is 1.41. The number of methoxy groups -OCH3 is 2. The molecule has 0 radical (unpaired) electrons. The van der Waals surface area contributed by atoms with E-state index in [9.17, 15) is 14.7 Å². The van der Waals surface area contributed by atoms with E-state index in [1.807, 2.05) is 0 Å². The van der Waals surface area contributed by atoms with Crippen molar-refractivity contribution in [2.24, 2.45) is 0 Å². The summed E-state index contributed by atoms with van der Waals surface area (Å²) in [4.78, 5) is 21.9. The fourth-order valence-electron chi connectivity index (χ4n) is 1.49. The SMILES string of the molecule is COc1cc(C=O)[c]([Hg][O]C(C)=O)c(OC)c1O. The Morgan fingerprint density at radius 1 is 1.39 bits per heavy atom. The molecular formula is C11H12HgO6. The van der Waals surface area contributed by atoms with Crippen molar-refractivity contribution in [3.63, 3.8) is 0 Å². The van der Waals surface area contributed by atoms with Gasteiger partial charge in [-0.1, -0.05) is 0 Å². The number of hydrogen-bond donors (Lipinski definition) is 1. The zero-order chi connectivity index (χ0) is 13.7. The number of phenolic OH excluding ortho intramolecular Hbond substituents is 1. The van der Waals surface area contributed by atoms with Gasteiger partial charge in [-0.15, -0.1) is 0 Å². The Labute approximate surface area is 117 Å². The van der Waals surface area contributed by atoms with E-state index in [1.54, 1.807) is 0 Å². The van der Waals surface area contributed by atoms with Crippen molar-refractivity contribution in [3.8, 4) is 17.2 Å². The molecule has 0 saturated carbocycles. The van der Waals surface area contributed by atoms with E-state index in [-0.39, 0.29) is 17.2 Å². The van der Waals surface area contributed by atoms with Gasteiger partial charge >= 0.3 is 117 Å². The standard InChI is InChI=1S/C9H9O4.C2H4O2.Hg/c1-12-7-3-6(5-10)4-8(13-2)9(7)11;1-2(3)4;/h3,5,11H,1-2H3;1H3,(H,3,4);/q;;+1/p-1. The molecule has 0 atom stereocenters. The van der Waals surface area contributed by atoms with E-state index in [4.69, 9.17) is 12.1 Å². The fourth-order valence-corrected chi connectivity index (χ4v) is 5.93. The van der Waals surface area contributed by atoms with Crippen molar-refractivity contribution in [2.45, 2.75) is 6.92 Å². The topological polar surface area (TPSA) is 82.1 Å². The number of carbonyl (C=O) groups is 2. The van der Waals surface area contributed by atoms with Gasteiger partial charge < -0.3 is 0 Å². The number of aromatic hydroxyl groups is 1. The summed E-state index contributed by atoms with van der Waals surface area (Å²) < 4.78 is 15.6. The first kappa shape index (κ1) is 14.8. The molecule has 0 amide bonds. The van der Waals surface area contributed by atoms with Crippen LogP contribution in [0.1, 0.15) is 17.3 Å². The van der Waals surface area contributed by atoms with Gasteiger partial charge in [0, 0.05) is 0 Å². The maximum atomic E-state index is 11.0. The van der Waals surface area contributed by atoms with Gasteiger partial charge in [-0.2, -0.15) is 0 Å². The molecule has 0 saturated heterocycles. The maximum absolute atomic E-state index is 11.0. The molecule has 1 N–H and O–H groups in total. The normalized spacial score (nSPS) is 9.28. The molecule has 0 aliphatic carbocycles. The van der Waals surface area contributed by atoms with E-state index in [0.717, 1.165) is 0 Å². The minimum absolute atomic E-state index is 0.147. The van der Waals surface area contributed by atoms with E-state index in [2.05, 4.69) is 0 Å². The van der Waals surface area contributed by atoms with Crippen LogP contribution in [0, 0.1) is 0 Å². The van der Waals surface area contributed by atoms with Crippen LogP contribution in [-0.4, -0.2) is 31.6 Å². The first-order valence-electron chi connectivity index (χ1n) is 5.10. The zero-order valence-corrected chi connectivity index (χ0v) is 15.8. The van der Waals surface area contributed by atoms with Gasteiger partial charge in [0.25, 0.3) is 0 Å². The Balaban J connectivity index is 3.31. The molecule has 0 aliphatic rings. The number of hydrogen-bond acceptors (Lipinski definition) is 6. The average molecular weight is 441 g/mol. The predicted molar refractivity (Wildman–Crippen MR) is 58.0 cm³/mol. The van der Waals surface area contributed by atoms with Gasteiger partial charge in [0.1, 0.15) is 0 Å². The van der Waals surface area contributed by atoms with Crippen molar-refractivity contribution >= 4 is 15.3 Å². The second kappa shape index (κ2) is 6.58. The van der Waals surface area contributed by atoms with E-state index < -0.39 is 31.0 Å². The van der Waals surface area contributed by atoms with Gasteiger partial charge in [-0.25, -0.2) is 0 Å². The van der Waals surface area contributed by atoms with Crippen molar-refractivity contribution in [1.82, 2.24) is 0 Å². The molecule has 0 unspecified atom stereocenters. The summed E-state index contributed by atoms with van der Waals surface area (Å²) in [5, 5.41) is 9.88. The molecule has 1 aromatic rings. The molecule has 0 bridgehead atoms. The first-order valence-corrected chi connectivity index (χ1v) is 10.1. The molecular weight excluding hydrogens is 429 g/mol. The minimum atomic E-state index is -2.31. The summed E-state index contributed by atoms with van der Waals surface area (Å²) >= 11 is -2.31. The molecule has 0 aromatic heterocycles. The molecule has 6 nitrogen and oxygen atoms in total. The molecule has 94 valence electrons. The zero-order valence-electron chi connectivity index (χ0n) is 10.4. The number of aldehydes is 1. The number of rotatable bonds is 5. The molecule has 1 rings (SSSR count). The Kier molecular flexibility index (Phi) is 5.39. The Bertz CT molecular complexity index is 471. The summed E-state index contributed by atoms with van der Waals surface area (Å²) in [6.07, 6.45) is 0.628. The second-order valence-electron chi connectivity index (χ2n) is 3.43. The Hall–Kier alpha value is -1.30. The Morgan fingerprint density at radius 2 is 2.06 bits per heavy atom. The number of ether oxygens (including phenoxy) is 2. The van der Waals surface area contributed by atoms with E-state index in [0.29, 0.717) is 14.9 Å². The van der Waals surface area contributed by atoms with Crippen molar-refractivity contribution in [3.05, 3.63) is 11.6 Å². The Morgan fingerprint density at radius 3 is 2.50 bits per heavy atom. The van der Waals surface area contributed by atoms with Crippen molar-refractivity contribution in [1.29, 1.82) is 0 Å². The summed E-state index contributed by atoms with van der Waals surface area (Å²) in [6.45, 7) is 1.30. The van der Waals surface area contributed by atoms with Crippen LogP contribution in [-0.2, 0) is 32.5 Å². The van der Waals surface area contributed by atoms with Crippen molar-refractivity contribution < 1.29 is 51.8 Å². The van der Waals surface area contributed by atoms with Crippen LogP contribution in [0.3, 0.4) is 0 Å². The van der Waals surface area contributed by atoms with E-state index >= 15 is 0 Å². The third-order valence-electron chi connectivity index (χ3n) is 2.33. The molecule has 0 spiro atoms. The van der Waals surface area contributed by atoms with Gasteiger partial charge in [-0.3, -0.25) is 0 Å². The van der Waals surface area contributed by atoms with Crippen LogP contribution in [0.5, 0.6) is 17.2 Å². The van der Waals surface area contributed by atoms with Gasteiger partial charge in [-0.05, 0) is 0 Å². The average Bonchev–Trinajstić information content (AvgIpc) is 2.36. The van der Waals surface area contributed by atoms with Gasteiger partial charge in [0.2, 0.25) is 0 Å². The number of phenols is 1. The quantitative estimate of drug-likeness (QED) is 0.527. The van der Waals surface area contributed by atoms with Crippen LogP contribution in [0.4, 0.5) is 0 Å². The van der Waals surface area contributed by atoms with Gasteiger partial charge in [0.05, 0.1) is 0 Å². The third kappa shape index (κ3) is 3.13. The summed E-state index contributed by atoms with van der Waals surface area (Å²) in [7, 11) is 2.74. The summed E-state index contributed by atoms with van der Waals surface area (Å²) in [5.41, 5.74) is 0.324. The monoisotopic (exact) mass is 442 g/mol. The fraction of sp³-hybridized carbons (Fsp3) is 0.273. The molecule has 7 heteroatoms. The molecule has 18 heavy (non-hydrogen) atoms. The summed E-state index contributed by atoms with van der Waals surface area (Å²) in [5.74, 6) is -0.285. The number of benzene rings is 1. The molecule has 0 heterocycles. The van der Waals surface area contributed by atoms with Crippen LogP contribution in [0.15, 0.2) is 6.07 Å². The third-order valence-corrected chi connectivity index (χ3v) is 8.43. The van der Waals surface area contributed by atoms with Crippen LogP contribution in [0.2, 0.25) is 0 Å². The van der Waals surface area contributed by atoms with Crippen molar-refractivity contribution in [2.75, 3.05) is 14.2 Å². The second-order valence-corrected chi connectivity index (χ2v) is 8.42. The number of carbonyl (C=O) groups excluding carboxylic acids is 2. The predicted octanol–water partition coefficient (Wildman–Crippen LogP) is 0.408. The first-order chi connectivity index (χ1) is 8.54. The van der Waals surface area contributed by atoms with Gasteiger partial charge in [0.15, 0.2) is 0 Å². The molecule has 0 aliphatic heterocycles. The van der Waals surface area contributed by atoms with Crippen LogP contribution < -0.4 is 12.5 Å². The molecule has 1 aromatic carbocycles.